The summed E-state index contributed by atoms with van der Waals surface area (Å²) in [6.45, 7) is 0. The van der Waals surface area contributed by atoms with Crippen molar-refractivity contribution in [1.29, 1.82) is 0 Å². The van der Waals surface area contributed by atoms with Crippen LogP contribution in [0.5, 0.6) is 23.0 Å². The Labute approximate surface area is 620 Å². The van der Waals surface area contributed by atoms with Crippen molar-refractivity contribution < 1.29 is 9.47 Å². The summed E-state index contributed by atoms with van der Waals surface area (Å²) >= 11 is 0. The number of ether oxygens (including phenoxy) is 2. The lowest BCUT2D eigenvalue weighted by Crippen LogP contribution is -2.32. The predicted molar refractivity (Wildman–Crippen MR) is 438 cm³/mol. The number of hydrogen-bond acceptors (Lipinski definition) is 5. The second-order valence-corrected chi connectivity index (χ2v) is 29.2. The fourth-order valence-electron chi connectivity index (χ4n) is 19.3. The third-order valence-corrected chi connectivity index (χ3v) is 23.9. The topological polar surface area (TPSA) is 67.0 Å². The number of fused-ring (bicyclic) bond motifs is 29. The summed E-state index contributed by atoms with van der Waals surface area (Å²) in [7, 11) is 0. The number of nitrogens with zero attached hydrogens (tertiary/aromatic N) is 5. The summed E-state index contributed by atoms with van der Waals surface area (Å²) in [5, 5.41) is 11.6. The Bertz CT molecular complexity index is 7290. The Balaban J connectivity index is 0.686. The van der Waals surface area contributed by atoms with Crippen LogP contribution in [0.3, 0.4) is 0 Å². The van der Waals surface area contributed by atoms with Gasteiger partial charge in [-0.2, -0.15) is 9.97 Å². The van der Waals surface area contributed by atoms with Crippen LogP contribution in [0.1, 0.15) is 44.5 Å². The van der Waals surface area contributed by atoms with Crippen molar-refractivity contribution in [2.75, 3.05) is 0 Å². The second kappa shape index (κ2) is 22.1. The minimum Gasteiger partial charge on any atom is -0.457 e. The Kier molecular flexibility index (Phi) is 12.1. The lowest BCUT2D eigenvalue weighted by Gasteiger charge is -2.39. The highest BCUT2D eigenvalue weighted by atomic mass is 16.5. The van der Waals surface area contributed by atoms with E-state index in [1.54, 1.807) is 0 Å². The van der Waals surface area contributed by atoms with E-state index in [0.717, 1.165) is 122 Å². The van der Waals surface area contributed by atoms with Gasteiger partial charge in [0.25, 0.3) is 0 Å². The summed E-state index contributed by atoms with van der Waals surface area (Å²) in [4.78, 5) is 16.7. The van der Waals surface area contributed by atoms with Crippen molar-refractivity contribution >= 4 is 75.9 Å². The van der Waals surface area contributed by atoms with Crippen LogP contribution < -0.4 is 9.47 Å². The molecule has 7 heteroatoms. The molecule has 20 aromatic rings. The molecule has 0 saturated carbocycles. The molecule has 0 fully saturated rings. The van der Waals surface area contributed by atoms with E-state index in [-0.39, 0.29) is 0 Å². The van der Waals surface area contributed by atoms with Crippen LogP contribution in [0.25, 0.3) is 155 Å². The Hall–Kier alpha value is -14.3. The fraction of sp³-hybridized carbons (Fsp3) is 0.0198. The number of hydrogen-bond donors (Lipinski definition) is 0. The lowest BCUT2D eigenvalue weighted by atomic mass is 9.66. The van der Waals surface area contributed by atoms with Gasteiger partial charge in [-0.15, -0.1) is 0 Å². The summed E-state index contributed by atoms with van der Waals surface area (Å²) in [5.74, 6) is 4.98. The van der Waals surface area contributed by atoms with Gasteiger partial charge in [0.1, 0.15) is 23.0 Å². The Morgan fingerprint density at radius 1 is 0.222 bits per heavy atom. The van der Waals surface area contributed by atoms with Gasteiger partial charge in [-0.3, -0.25) is 4.57 Å². The molecule has 4 aliphatic rings. The molecule has 0 saturated heterocycles. The van der Waals surface area contributed by atoms with Crippen molar-refractivity contribution in [1.82, 2.24) is 24.1 Å². The molecule has 17 aromatic carbocycles. The van der Waals surface area contributed by atoms with E-state index >= 15 is 0 Å². The van der Waals surface area contributed by atoms with Crippen molar-refractivity contribution in [3.05, 3.63) is 402 Å². The molecular formula is C101H59N5O2. The van der Waals surface area contributed by atoms with Crippen LogP contribution in [-0.4, -0.2) is 24.1 Å². The highest BCUT2D eigenvalue weighted by Gasteiger charge is 2.53. The van der Waals surface area contributed by atoms with E-state index in [1.165, 1.54) is 82.6 Å². The first-order chi connectivity index (χ1) is 53.5. The van der Waals surface area contributed by atoms with Gasteiger partial charge in [0.15, 0.2) is 11.6 Å². The number of aromatic nitrogens is 5. The van der Waals surface area contributed by atoms with Crippen LogP contribution in [-0.2, 0) is 10.8 Å². The lowest BCUT2D eigenvalue weighted by molar-refractivity contribution is 0.437. The number of benzene rings is 17. The molecule has 0 N–H and O–H groups in total. The molecular weight excluding hydrogens is 1320 g/mol. The first-order valence-electron chi connectivity index (χ1n) is 37.0. The largest absolute Gasteiger partial charge is 0.457 e. The molecule has 1 atom stereocenters. The van der Waals surface area contributed by atoms with Gasteiger partial charge in [0, 0.05) is 60.6 Å². The van der Waals surface area contributed by atoms with Crippen molar-refractivity contribution in [2.45, 2.75) is 10.8 Å². The molecule has 3 aromatic heterocycles. The van der Waals surface area contributed by atoms with Gasteiger partial charge in [0.05, 0.1) is 32.9 Å². The second-order valence-electron chi connectivity index (χ2n) is 29.2. The monoisotopic (exact) mass is 1370 g/mol. The quantitative estimate of drug-likeness (QED) is 0.166. The van der Waals surface area contributed by atoms with E-state index in [2.05, 4.69) is 361 Å². The molecule has 0 amide bonds. The van der Waals surface area contributed by atoms with E-state index < -0.39 is 10.8 Å². The molecule has 2 aliphatic carbocycles. The van der Waals surface area contributed by atoms with Gasteiger partial charge in [-0.05, 0) is 178 Å². The van der Waals surface area contributed by atoms with Gasteiger partial charge in [-0.1, -0.05) is 279 Å². The predicted octanol–water partition coefficient (Wildman–Crippen LogP) is 25.1. The average Bonchev–Trinajstić information content (AvgIpc) is 1.50. The molecule has 108 heavy (non-hydrogen) atoms. The molecule has 500 valence electrons. The standard InChI is InChI=1S/C101H59N5O2/c1-2-24-64(25-3-1)97-102-98(104-99(103-97)106-88-52-47-63-23-7-9-30-72(63)96(88)78-57-94-86(59-90(78)106)100(83-37-16-18-39-91(83)107-94)79-34-13-10-31-73(79)74-32-11-14-35-80(74)100)69-28-20-27-66(54-69)68-45-50-82-76(55-68)75-33-12-15-36-81(75)101(82)84-38-17-19-40-92(84)108-93-56-77-89(58-85(93)101)105(87-51-46-62-22-6-8-29-71(62)95(77)87)70-48-43-61(44-49-70)67-42-41-60-21-4-5-26-65(60)53-67/h1-59H. The third kappa shape index (κ3) is 8.08. The average molecular weight is 1370 g/mol. The first-order valence-corrected chi connectivity index (χ1v) is 37.0. The maximum Gasteiger partial charge on any atom is 0.238 e. The summed E-state index contributed by atoms with van der Waals surface area (Å²) in [5.41, 5.74) is 24.0. The smallest absolute Gasteiger partial charge is 0.238 e. The van der Waals surface area contributed by atoms with Crippen LogP contribution in [0, 0.1) is 0 Å². The van der Waals surface area contributed by atoms with Crippen LogP contribution in [0.4, 0.5) is 0 Å². The summed E-state index contributed by atoms with van der Waals surface area (Å²) in [6.07, 6.45) is 0. The zero-order valence-electron chi connectivity index (χ0n) is 58.1. The molecule has 2 aliphatic heterocycles. The minimum absolute atomic E-state index is 0.509. The van der Waals surface area contributed by atoms with Gasteiger partial charge < -0.3 is 14.0 Å². The molecule has 5 heterocycles. The van der Waals surface area contributed by atoms with E-state index in [1.807, 2.05) is 6.07 Å². The van der Waals surface area contributed by atoms with Gasteiger partial charge in [0.2, 0.25) is 5.95 Å². The summed E-state index contributed by atoms with van der Waals surface area (Å²) < 4.78 is 19.2. The van der Waals surface area contributed by atoms with E-state index in [9.17, 15) is 0 Å². The minimum atomic E-state index is -0.758. The Morgan fingerprint density at radius 3 is 1.28 bits per heavy atom. The highest BCUT2D eigenvalue weighted by molar-refractivity contribution is 6.23. The van der Waals surface area contributed by atoms with Crippen molar-refractivity contribution in [3.8, 4) is 102 Å². The molecule has 2 spiro atoms. The number of rotatable bonds is 6. The van der Waals surface area contributed by atoms with E-state index in [4.69, 9.17) is 24.4 Å². The van der Waals surface area contributed by atoms with Crippen molar-refractivity contribution in [2.24, 2.45) is 0 Å². The molecule has 24 rings (SSSR count). The van der Waals surface area contributed by atoms with Crippen LogP contribution in [0.2, 0.25) is 0 Å². The van der Waals surface area contributed by atoms with Crippen molar-refractivity contribution in [3.63, 3.8) is 0 Å². The number of para-hydroxylation sites is 2. The van der Waals surface area contributed by atoms with Gasteiger partial charge >= 0.3 is 0 Å². The molecule has 7 nitrogen and oxygen atoms in total. The summed E-state index contributed by atoms with van der Waals surface area (Å²) in [6, 6.07) is 131. The normalized spacial score (nSPS) is 14.6. The molecule has 0 radical (unpaired) electrons. The molecule has 0 bridgehead atoms. The zero-order valence-corrected chi connectivity index (χ0v) is 58.1. The third-order valence-electron chi connectivity index (χ3n) is 23.9. The van der Waals surface area contributed by atoms with Crippen LogP contribution in [0.15, 0.2) is 358 Å². The molecule has 1 unspecified atom stereocenters. The van der Waals surface area contributed by atoms with E-state index in [0.29, 0.717) is 17.6 Å². The zero-order chi connectivity index (χ0) is 70.5. The maximum absolute atomic E-state index is 7.29. The Morgan fingerprint density at radius 2 is 0.657 bits per heavy atom. The maximum atomic E-state index is 7.29. The first kappa shape index (κ1) is 59.1. The SMILES string of the molecule is c1ccc(-c2nc(-c3cccc(-c4ccc5c(c4)-c4ccccc4C54c5ccccc5Oc5cc6c7c8ccccc8ccc7n(-c7ccc(-c8ccc9ccccc9c8)cc7)c6cc54)c3)nc(-n3c4cc5c(cc4c4c6ccccc6ccc43)Oc3ccccc3C53c4ccccc4-c4ccccc43)n2)cc1. The fourth-order valence-corrected chi connectivity index (χ4v) is 19.3. The highest BCUT2D eigenvalue weighted by Crippen LogP contribution is 2.65. The van der Waals surface area contributed by atoms with Crippen LogP contribution >= 0.6 is 0 Å². The van der Waals surface area contributed by atoms with Gasteiger partial charge in [-0.25, -0.2) is 4.98 Å².